The fraction of sp³-hybridized carbons (Fsp3) is 0.235. The van der Waals surface area contributed by atoms with Crippen molar-refractivity contribution in [3.05, 3.63) is 59.7 Å². The molecule has 0 bridgehead atoms. The van der Waals surface area contributed by atoms with Crippen molar-refractivity contribution >= 4 is 16.0 Å². The maximum absolute atomic E-state index is 12.9. The molecule has 0 N–H and O–H groups in total. The van der Waals surface area contributed by atoms with Crippen molar-refractivity contribution in [2.75, 3.05) is 13.7 Å². The molecule has 3 rings (SSSR count). The van der Waals surface area contributed by atoms with Crippen molar-refractivity contribution in [3.63, 3.8) is 0 Å². The Morgan fingerprint density at radius 2 is 1.83 bits per heavy atom. The smallest absolute Gasteiger partial charge is 0.243 e. The summed E-state index contributed by atoms with van der Waals surface area (Å²) >= 11 is 0. The van der Waals surface area contributed by atoms with Crippen LogP contribution in [0.2, 0.25) is 0 Å². The van der Waals surface area contributed by atoms with Crippen molar-refractivity contribution in [2.45, 2.75) is 17.4 Å². The Balaban J connectivity index is 2.05. The van der Waals surface area contributed by atoms with Gasteiger partial charge in [0.2, 0.25) is 10.0 Å². The zero-order valence-corrected chi connectivity index (χ0v) is 13.8. The molecule has 7 heteroatoms. The minimum Gasteiger partial charge on any atom is -0.548 e. The molecule has 1 atom stereocenters. The molecule has 0 spiro atoms. The predicted octanol–water partition coefficient (Wildman–Crippen LogP) is 0.733. The van der Waals surface area contributed by atoms with Crippen LogP contribution in [0.25, 0.3) is 0 Å². The number of hydrogen-bond donors (Lipinski definition) is 0. The quantitative estimate of drug-likeness (QED) is 0.815. The van der Waals surface area contributed by atoms with E-state index in [1.807, 2.05) is 6.07 Å². The minimum absolute atomic E-state index is 0.0222. The molecule has 0 aromatic heterocycles. The molecule has 6 nitrogen and oxygen atoms in total. The minimum atomic E-state index is -3.97. The van der Waals surface area contributed by atoms with Crippen LogP contribution in [-0.2, 0) is 21.2 Å². The maximum Gasteiger partial charge on any atom is 0.243 e. The van der Waals surface area contributed by atoms with Gasteiger partial charge in [0.25, 0.3) is 0 Å². The van der Waals surface area contributed by atoms with Gasteiger partial charge in [0.1, 0.15) is 5.75 Å². The van der Waals surface area contributed by atoms with Crippen LogP contribution in [0.3, 0.4) is 0 Å². The molecular weight excluding hydrogens is 330 g/mol. The molecule has 126 valence electrons. The molecule has 2 aromatic rings. The molecule has 1 aliphatic heterocycles. The first-order chi connectivity index (χ1) is 11.4. The first-order valence-corrected chi connectivity index (χ1v) is 8.83. The lowest BCUT2D eigenvalue weighted by Crippen LogP contribution is -2.47. The Morgan fingerprint density at radius 1 is 1.17 bits per heavy atom. The van der Waals surface area contributed by atoms with Crippen molar-refractivity contribution < 1.29 is 23.1 Å². The van der Waals surface area contributed by atoms with E-state index in [4.69, 9.17) is 4.74 Å². The van der Waals surface area contributed by atoms with Crippen LogP contribution in [0.5, 0.6) is 5.75 Å². The van der Waals surface area contributed by atoms with E-state index in [0.717, 1.165) is 9.87 Å². The molecule has 0 unspecified atom stereocenters. The van der Waals surface area contributed by atoms with Gasteiger partial charge in [0, 0.05) is 6.54 Å². The third kappa shape index (κ3) is 2.76. The summed E-state index contributed by atoms with van der Waals surface area (Å²) in [6.07, 6.45) is 0.454. The Morgan fingerprint density at radius 3 is 2.46 bits per heavy atom. The first kappa shape index (κ1) is 16.5. The molecule has 24 heavy (non-hydrogen) atoms. The van der Waals surface area contributed by atoms with E-state index in [-0.39, 0.29) is 11.4 Å². The van der Waals surface area contributed by atoms with E-state index >= 15 is 0 Å². The number of carbonyl (C=O) groups excluding carboxylic acids is 1. The molecule has 0 saturated carbocycles. The highest BCUT2D eigenvalue weighted by Gasteiger charge is 2.37. The second-order valence-electron chi connectivity index (χ2n) is 5.46. The van der Waals surface area contributed by atoms with Crippen LogP contribution in [0.15, 0.2) is 53.4 Å². The lowest BCUT2D eigenvalue weighted by atomic mass is 9.94. The fourth-order valence-electron chi connectivity index (χ4n) is 2.93. The number of hydrogen-bond acceptors (Lipinski definition) is 5. The van der Waals surface area contributed by atoms with Crippen LogP contribution in [0.4, 0.5) is 0 Å². The topological polar surface area (TPSA) is 86.7 Å². The number of aliphatic carboxylic acids is 1. The second-order valence-corrected chi connectivity index (χ2v) is 7.35. The molecule has 0 amide bonds. The summed E-state index contributed by atoms with van der Waals surface area (Å²) in [6.45, 7) is 0.0873. The second kappa shape index (κ2) is 6.26. The highest BCUT2D eigenvalue weighted by atomic mass is 32.2. The van der Waals surface area contributed by atoms with E-state index in [0.29, 0.717) is 17.7 Å². The molecule has 0 aliphatic carbocycles. The molecule has 0 radical (unpaired) electrons. The van der Waals surface area contributed by atoms with Gasteiger partial charge in [-0.25, -0.2) is 8.42 Å². The van der Waals surface area contributed by atoms with Gasteiger partial charge in [-0.2, -0.15) is 4.31 Å². The summed E-state index contributed by atoms with van der Waals surface area (Å²) in [6, 6.07) is 11.5. The summed E-state index contributed by atoms with van der Waals surface area (Å²) in [5, 5.41) is 11.7. The van der Waals surface area contributed by atoms with E-state index in [9.17, 15) is 18.3 Å². The van der Waals surface area contributed by atoms with Crippen molar-refractivity contribution in [1.82, 2.24) is 4.31 Å². The van der Waals surface area contributed by atoms with Crippen LogP contribution in [-0.4, -0.2) is 32.3 Å². The van der Waals surface area contributed by atoms with Gasteiger partial charge in [-0.15, -0.1) is 0 Å². The lowest BCUT2D eigenvalue weighted by Gasteiger charge is -2.36. The standard InChI is InChI=1S/C17H17NO5S/c1-23-13-6-8-14(9-7-13)24(21,22)18-11-10-12-4-2-3-5-15(12)16(18)17(19)20/h2-9,16H,10-11H2,1H3,(H,19,20)/p-1/t16-/m1/s1. The zero-order chi connectivity index (χ0) is 17.3. The van der Waals surface area contributed by atoms with Gasteiger partial charge in [0.15, 0.2) is 0 Å². The van der Waals surface area contributed by atoms with Crippen LogP contribution >= 0.6 is 0 Å². The third-order valence-corrected chi connectivity index (χ3v) is 6.01. The highest BCUT2D eigenvalue weighted by Crippen LogP contribution is 2.34. The fourth-order valence-corrected chi connectivity index (χ4v) is 4.49. The van der Waals surface area contributed by atoms with Crippen LogP contribution in [0.1, 0.15) is 17.2 Å². The van der Waals surface area contributed by atoms with Gasteiger partial charge < -0.3 is 14.6 Å². The molecular formula is C17H16NO5S-. The summed E-state index contributed by atoms with van der Waals surface area (Å²) in [5.41, 5.74) is 1.29. The van der Waals surface area contributed by atoms with Crippen molar-refractivity contribution in [3.8, 4) is 5.75 Å². The molecule has 1 aliphatic rings. The third-order valence-electron chi connectivity index (χ3n) is 4.13. The average molecular weight is 346 g/mol. The maximum atomic E-state index is 12.9. The summed E-state index contributed by atoms with van der Waals surface area (Å²) in [5.74, 6) is -0.909. The van der Waals surface area contributed by atoms with E-state index < -0.39 is 22.0 Å². The van der Waals surface area contributed by atoms with E-state index in [1.165, 1.54) is 31.4 Å². The predicted molar refractivity (Wildman–Crippen MR) is 84.8 cm³/mol. The Labute approximate surface area is 140 Å². The Bertz CT molecular complexity index is 861. The van der Waals surface area contributed by atoms with Crippen LogP contribution in [0, 0.1) is 0 Å². The van der Waals surface area contributed by atoms with Crippen molar-refractivity contribution in [2.24, 2.45) is 0 Å². The molecule has 0 fully saturated rings. The SMILES string of the molecule is COc1ccc(S(=O)(=O)N2CCc3ccccc3[C@@H]2C(=O)[O-])cc1. The van der Waals surface area contributed by atoms with Crippen molar-refractivity contribution in [1.29, 1.82) is 0 Å². The molecule has 2 aromatic carbocycles. The van der Waals surface area contributed by atoms with E-state index in [1.54, 1.807) is 18.2 Å². The Hall–Kier alpha value is -2.38. The summed E-state index contributed by atoms with van der Waals surface area (Å²) in [7, 11) is -2.48. The molecule has 1 heterocycles. The summed E-state index contributed by atoms with van der Waals surface area (Å²) < 4.78 is 31.8. The highest BCUT2D eigenvalue weighted by molar-refractivity contribution is 7.89. The van der Waals surface area contributed by atoms with Gasteiger partial charge in [-0.3, -0.25) is 0 Å². The monoisotopic (exact) mass is 346 g/mol. The normalized spacial score (nSPS) is 18.0. The average Bonchev–Trinajstić information content (AvgIpc) is 2.60. The number of methoxy groups -OCH3 is 1. The number of benzene rings is 2. The lowest BCUT2D eigenvalue weighted by molar-refractivity contribution is -0.311. The van der Waals surface area contributed by atoms with Gasteiger partial charge >= 0.3 is 0 Å². The van der Waals surface area contributed by atoms with E-state index in [2.05, 4.69) is 0 Å². The van der Waals surface area contributed by atoms with Gasteiger partial charge in [0.05, 0.1) is 24.0 Å². The number of carboxylic acid groups (broad SMARTS) is 1. The zero-order valence-electron chi connectivity index (χ0n) is 13.0. The van der Waals surface area contributed by atoms with Crippen LogP contribution < -0.4 is 9.84 Å². The Kier molecular flexibility index (Phi) is 4.29. The largest absolute Gasteiger partial charge is 0.548 e. The number of rotatable bonds is 4. The van der Waals surface area contributed by atoms with Gasteiger partial charge in [-0.05, 0) is 41.8 Å². The first-order valence-electron chi connectivity index (χ1n) is 7.39. The van der Waals surface area contributed by atoms with Gasteiger partial charge in [-0.1, -0.05) is 24.3 Å². The number of carboxylic acids is 1. The number of ether oxygens (including phenoxy) is 1. The summed E-state index contributed by atoms with van der Waals surface area (Å²) in [4.78, 5) is 11.7. The molecule has 0 saturated heterocycles. The number of fused-ring (bicyclic) bond motifs is 1. The number of carbonyl (C=O) groups is 1. The number of nitrogens with zero attached hydrogens (tertiary/aromatic N) is 1. The number of sulfonamides is 1.